The van der Waals surface area contributed by atoms with Crippen molar-refractivity contribution >= 4 is 15.9 Å². The van der Waals surface area contributed by atoms with Gasteiger partial charge in [-0.15, -0.1) is 0 Å². The van der Waals surface area contributed by atoms with Crippen LogP contribution in [0.15, 0.2) is 29.0 Å². The molecule has 0 saturated carbocycles. The summed E-state index contributed by atoms with van der Waals surface area (Å²) in [6.07, 6.45) is 2.72. The third-order valence-electron chi connectivity index (χ3n) is 2.72. The van der Waals surface area contributed by atoms with Crippen molar-refractivity contribution in [1.29, 1.82) is 0 Å². The van der Waals surface area contributed by atoms with Crippen molar-refractivity contribution in [2.45, 2.75) is 26.8 Å². The summed E-state index contributed by atoms with van der Waals surface area (Å²) in [5.74, 6) is 0.939. The van der Waals surface area contributed by atoms with Gasteiger partial charge >= 0.3 is 0 Å². The first-order valence-corrected chi connectivity index (χ1v) is 6.87. The van der Waals surface area contributed by atoms with Crippen LogP contribution in [0.1, 0.15) is 24.7 Å². The molecular formula is C13H17BrN4. The third kappa shape index (κ3) is 2.97. The van der Waals surface area contributed by atoms with Crippen LogP contribution in [0.3, 0.4) is 0 Å². The van der Waals surface area contributed by atoms with Gasteiger partial charge in [-0.2, -0.15) is 5.10 Å². The number of halogens is 1. The summed E-state index contributed by atoms with van der Waals surface area (Å²) in [7, 11) is 0. The van der Waals surface area contributed by atoms with Crippen molar-refractivity contribution in [1.82, 2.24) is 20.1 Å². The molecule has 2 aromatic rings. The van der Waals surface area contributed by atoms with Gasteiger partial charge in [0, 0.05) is 4.47 Å². The highest BCUT2D eigenvalue weighted by Crippen LogP contribution is 2.19. The standard InChI is InChI=1S/C13H17BrN4/c1-3-6-15-8-13-16-9-17-18(13)12-5-4-11(14)7-10(12)2/h4-5,7,9,15H,3,6,8H2,1-2H3. The summed E-state index contributed by atoms with van der Waals surface area (Å²) in [5, 5.41) is 7.65. The molecule has 0 aliphatic carbocycles. The number of hydrogen-bond donors (Lipinski definition) is 1. The summed E-state index contributed by atoms with van der Waals surface area (Å²) in [6, 6.07) is 6.16. The minimum absolute atomic E-state index is 0.739. The van der Waals surface area contributed by atoms with E-state index >= 15 is 0 Å². The quantitative estimate of drug-likeness (QED) is 0.864. The Morgan fingerprint density at radius 3 is 2.94 bits per heavy atom. The summed E-state index contributed by atoms with van der Waals surface area (Å²) >= 11 is 3.47. The Labute approximate surface area is 116 Å². The monoisotopic (exact) mass is 308 g/mol. The lowest BCUT2D eigenvalue weighted by Crippen LogP contribution is -2.18. The minimum Gasteiger partial charge on any atom is -0.310 e. The molecule has 0 bridgehead atoms. The van der Waals surface area contributed by atoms with Gasteiger partial charge in [0.1, 0.15) is 12.2 Å². The van der Waals surface area contributed by atoms with E-state index in [0.717, 1.165) is 35.5 Å². The molecular weight excluding hydrogens is 292 g/mol. The van der Waals surface area contributed by atoms with Crippen LogP contribution < -0.4 is 5.32 Å². The van der Waals surface area contributed by atoms with Crippen LogP contribution in [0.5, 0.6) is 0 Å². The lowest BCUT2D eigenvalue weighted by Gasteiger charge is -2.09. The molecule has 0 fully saturated rings. The van der Waals surface area contributed by atoms with Gasteiger partial charge < -0.3 is 5.32 Å². The number of nitrogens with one attached hydrogen (secondary N) is 1. The maximum Gasteiger partial charge on any atom is 0.146 e. The summed E-state index contributed by atoms with van der Waals surface area (Å²) in [4.78, 5) is 4.31. The molecule has 1 aromatic carbocycles. The lowest BCUT2D eigenvalue weighted by molar-refractivity contribution is 0.632. The van der Waals surface area contributed by atoms with E-state index in [1.165, 1.54) is 5.56 Å². The second-order valence-electron chi connectivity index (χ2n) is 4.20. The van der Waals surface area contributed by atoms with E-state index in [1.807, 2.05) is 10.7 Å². The molecule has 96 valence electrons. The lowest BCUT2D eigenvalue weighted by atomic mass is 10.2. The van der Waals surface area contributed by atoms with Crippen LogP contribution >= 0.6 is 15.9 Å². The number of nitrogens with zero attached hydrogens (tertiary/aromatic N) is 3. The molecule has 18 heavy (non-hydrogen) atoms. The fraction of sp³-hybridized carbons (Fsp3) is 0.385. The predicted octanol–water partition coefficient (Wildman–Crippen LogP) is 2.84. The molecule has 1 heterocycles. The predicted molar refractivity (Wildman–Crippen MR) is 75.8 cm³/mol. The molecule has 0 radical (unpaired) electrons. The second kappa shape index (κ2) is 6.11. The average molecular weight is 309 g/mol. The second-order valence-corrected chi connectivity index (χ2v) is 5.11. The van der Waals surface area contributed by atoms with E-state index in [1.54, 1.807) is 6.33 Å². The largest absolute Gasteiger partial charge is 0.310 e. The number of rotatable bonds is 5. The van der Waals surface area contributed by atoms with E-state index < -0.39 is 0 Å². The van der Waals surface area contributed by atoms with E-state index in [-0.39, 0.29) is 0 Å². The van der Waals surface area contributed by atoms with Gasteiger partial charge in [0.05, 0.1) is 12.2 Å². The smallest absolute Gasteiger partial charge is 0.146 e. The first-order chi connectivity index (χ1) is 8.72. The first kappa shape index (κ1) is 13.2. The normalized spacial score (nSPS) is 10.8. The molecule has 5 heteroatoms. The van der Waals surface area contributed by atoms with Gasteiger partial charge in [0.2, 0.25) is 0 Å². The molecule has 1 aromatic heterocycles. The molecule has 0 unspecified atom stereocenters. The number of hydrogen-bond acceptors (Lipinski definition) is 3. The van der Waals surface area contributed by atoms with Gasteiger partial charge in [0.15, 0.2) is 0 Å². The van der Waals surface area contributed by atoms with Crippen LogP contribution in [0.25, 0.3) is 5.69 Å². The van der Waals surface area contributed by atoms with Crippen molar-refractivity contribution in [3.63, 3.8) is 0 Å². The van der Waals surface area contributed by atoms with Gasteiger partial charge in [0.25, 0.3) is 0 Å². The van der Waals surface area contributed by atoms with Crippen LogP contribution in [-0.2, 0) is 6.54 Å². The van der Waals surface area contributed by atoms with Crippen molar-refractivity contribution in [3.05, 3.63) is 40.4 Å². The highest BCUT2D eigenvalue weighted by molar-refractivity contribution is 9.10. The fourth-order valence-corrected chi connectivity index (χ4v) is 2.30. The summed E-state index contributed by atoms with van der Waals surface area (Å²) in [6.45, 7) is 5.96. The fourth-order valence-electron chi connectivity index (χ4n) is 1.82. The Hall–Kier alpha value is -1.20. The molecule has 0 aliphatic heterocycles. The van der Waals surface area contributed by atoms with Crippen molar-refractivity contribution < 1.29 is 0 Å². The van der Waals surface area contributed by atoms with E-state index in [2.05, 4.69) is 57.3 Å². The van der Waals surface area contributed by atoms with E-state index in [0.29, 0.717) is 0 Å². The first-order valence-electron chi connectivity index (χ1n) is 6.08. The topological polar surface area (TPSA) is 42.7 Å². The zero-order valence-corrected chi connectivity index (χ0v) is 12.2. The molecule has 0 aliphatic rings. The maximum absolute atomic E-state index is 4.31. The molecule has 0 amide bonds. The Bertz CT molecular complexity index is 521. The van der Waals surface area contributed by atoms with Gasteiger partial charge in [-0.05, 0) is 43.7 Å². The van der Waals surface area contributed by atoms with E-state index in [4.69, 9.17) is 0 Å². The van der Waals surface area contributed by atoms with Crippen molar-refractivity contribution in [3.8, 4) is 5.69 Å². The molecule has 0 saturated heterocycles. The summed E-state index contributed by atoms with van der Waals surface area (Å²) < 4.78 is 2.97. The Balaban J connectivity index is 2.25. The van der Waals surface area contributed by atoms with Crippen LogP contribution in [0, 0.1) is 6.92 Å². The molecule has 2 rings (SSSR count). The van der Waals surface area contributed by atoms with Crippen LogP contribution in [0.2, 0.25) is 0 Å². The molecule has 0 atom stereocenters. The number of aryl methyl sites for hydroxylation is 1. The molecule has 4 nitrogen and oxygen atoms in total. The SMILES string of the molecule is CCCNCc1ncnn1-c1ccc(Br)cc1C. The van der Waals surface area contributed by atoms with Crippen molar-refractivity contribution in [2.24, 2.45) is 0 Å². The van der Waals surface area contributed by atoms with Crippen LogP contribution in [-0.4, -0.2) is 21.3 Å². The van der Waals surface area contributed by atoms with Gasteiger partial charge in [-0.25, -0.2) is 9.67 Å². The minimum atomic E-state index is 0.739. The zero-order chi connectivity index (χ0) is 13.0. The average Bonchev–Trinajstić information content (AvgIpc) is 2.78. The molecule has 1 N–H and O–H groups in total. The van der Waals surface area contributed by atoms with Crippen molar-refractivity contribution in [2.75, 3.05) is 6.54 Å². The number of aromatic nitrogens is 3. The third-order valence-corrected chi connectivity index (χ3v) is 3.21. The van der Waals surface area contributed by atoms with E-state index in [9.17, 15) is 0 Å². The Morgan fingerprint density at radius 1 is 1.39 bits per heavy atom. The maximum atomic E-state index is 4.31. The van der Waals surface area contributed by atoms with Crippen LogP contribution in [0.4, 0.5) is 0 Å². The Morgan fingerprint density at radius 2 is 2.22 bits per heavy atom. The Kier molecular flexibility index (Phi) is 4.49. The molecule has 0 spiro atoms. The van der Waals surface area contributed by atoms with Gasteiger partial charge in [-0.1, -0.05) is 22.9 Å². The zero-order valence-electron chi connectivity index (χ0n) is 10.7. The van der Waals surface area contributed by atoms with Gasteiger partial charge in [-0.3, -0.25) is 0 Å². The number of benzene rings is 1. The highest BCUT2D eigenvalue weighted by Gasteiger charge is 2.08. The highest BCUT2D eigenvalue weighted by atomic mass is 79.9. The summed E-state index contributed by atoms with van der Waals surface area (Å²) in [5.41, 5.74) is 2.25.